The Balaban J connectivity index is 4.19. The molecular formula is C7H17NO5Si. The minimum absolute atomic E-state index is 0.300. The van der Waals surface area contributed by atoms with Crippen molar-refractivity contribution in [2.75, 3.05) is 21.3 Å². The van der Waals surface area contributed by atoms with E-state index in [1.807, 2.05) is 6.92 Å². The molecule has 0 aromatic carbocycles. The lowest BCUT2D eigenvalue weighted by molar-refractivity contribution is -0.139. The van der Waals surface area contributed by atoms with Crippen molar-refractivity contribution < 1.29 is 23.6 Å². The van der Waals surface area contributed by atoms with Gasteiger partial charge in [0.15, 0.2) is 0 Å². The fourth-order valence-electron chi connectivity index (χ4n) is 0.965. The molecule has 0 saturated heterocycles. The van der Waals surface area contributed by atoms with Gasteiger partial charge in [0.25, 0.3) is 0 Å². The monoisotopic (exact) mass is 223 g/mol. The Labute approximate surface area is 85.2 Å². The second-order valence-electron chi connectivity index (χ2n) is 2.67. The Bertz CT molecular complexity index is 175. The van der Waals surface area contributed by atoms with Gasteiger partial charge >= 0.3 is 15.4 Å². The number of amides is 1. The molecular weight excluding hydrogens is 206 g/mol. The van der Waals surface area contributed by atoms with E-state index in [-0.39, 0.29) is 5.73 Å². The highest BCUT2D eigenvalue weighted by atomic mass is 28.3. The van der Waals surface area contributed by atoms with Crippen LogP contribution in [0, 0.1) is 0 Å². The number of carboxylic acid groups (broad SMARTS) is 1. The number of nitrogens with zero attached hydrogens (tertiary/aromatic N) is 1. The van der Waals surface area contributed by atoms with E-state index >= 15 is 0 Å². The normalized spacial score (nSPS) is 12.9. The average Bonchev–Trinajstić information content (AvgIpc) is 2.17. The van der Waals surface area contributed by atoms with E-state index in [2.05, 4.69) is 0 Å². The molecule has 0 aliphatic carbocycles. The lowest BCUT2D eigenvalue weighted by Crippen LogP contribution is -2.42. The molecule has 84 valence electrons. The summed E-state index contributed by atoms with van der Waals surface area (Å²) < 4.78 is 10.2. The molecule has 0 radical (unpaired) electrons. The summed E-state index contributed by atoms with van der Waals surface area (Å²) >= 11 is 0. The molecule has 0 fully saturated rings. The predicted octanol–water partition coefficient (Wildman–Crippen LogP) is 0.359. The van der Waals surface area contributed by atoms with E-state index in [1.165, 1.54) is 21.3 Å². The first-order valence-corrected chi connectivity index (χ1v) is 5.86. The molecule has 1 unspecified atom stereocenters. The van der Waals surface area contributed by atoms with Crippen LogP contribution in [0.5, 0.6) is 0 Å². The van der Waals surface area contributed by atoms with Crippen molar-refractivity contribution in [1.82, 2.24) is 5.06 Å². The van der Waals surface area contributed by atoms with Crippen molar-refractivity contribution in [1.29, 1.82) is 0 Å². The van der Waals surface area contributed by atoms with Crippen LogP contribution in [0.3, 0.4) is 0 Å². The molecule has 0 aliphatic rings. The first kappa shape index (κ1) is 13.4. The van der Waals surface area contributed by atoms with Crippen molar-refractivity contribution in [3.05, 3.63) is 0 Å². The van der Waals surface area contributed by atoms with Crippen LogP contribution in [-0.4, -0.2) is 52.5 Å². The number of carbonyl (C=O) groups is 1. The Morgan fingerprint density at radius 1 is 1.50 bits per heavy atom. The summed E-state index contributed by atoms with van der Waals surface area (Å²) in [4.78, 5) is 15.6. The van der Waals surface area contributed by atoms with Gasteiger partial charge in [-0.3, -0.25) is 4.84 Å². The third kappa shape index (κ3) is 4.05. The van der Waals surface area contributed by atoms with Crippen LogP contribution >= 0.6 is 0 Å². The van der Waals surface area contributed by atoms with Crippen LogP contribution in [0.1, 0.15) is 13.3 Å². The van der Waals surface area contributed by atoms with Crippen molar-refractivity contribution >= 4 is 15.4 Å². The zero-order valence-corrected chi connectivity index (χ0v) is 10.0. The van der Waals surface area contributed by atoms with E-state index in [0.717, 1.165) is 5.06 Å². The quantitative estimate of drug-likeness (QED) is 0.520. The topological polar surface area (TPSA) is 68.2 Å². The molecule has 0 bridgehead atoms. The molecule has 1 N–H and O–H groups in total. The molecule has 6 nitrogen and oxygen atoms in total. The van der Waals surface area contributed by atoms with Gasteiger partial charge in [0, 0.05) is 21.3 Å². The fourth-order valence-corrected chi connectivity index (χ4v) is 2.43. The summed E-state index contributed by atoms with van der Waals surface area (Å²) in [5, 5.41) is 9.36. The van der Waals surface area contributed by atoms with Crippen LogP contribution in [0.25, 0.3) is 0 Å². The molecule has 0 heterocycles. The summed E-state index contributed by atoms with van der Waals surface area (Å²) in [5.74, 6) is 0. The Hall–Kier alpha value is -0.633. The van der Waals surface area contributed by atoms with E-state index < -0.39 is 15.4 Å². The van der Waals surface area contributed by atoms with Gasteiger partial charge < -0.3 is 14.0 Å². The molecule has 0 aromatic heterocycles. The van der Waals surface area contributed by atoms with E-state index in [0.29, 0.717) is 6.42 Å². The van der Waals surface area contributed by atoms with Gasteiger partial charge in [-0.1, -0.05) is 6.92 Å². The minimum Gasteiger partial charge on any atom is -0.463 e. The number of rotatable bonds is 6. The van der Waals surface area contributed by atoms with E-state index in [9.17, 15) is 4.79 Å². The fraction of sp³-hybridized carbons (Fsp3) is 0.857. The lowest BCUT2D eigenvalue weighted by Gasteiger charge is -2.24. The minimum atomic E-state index is -1.93. The van der Waals surface area contributed by atoms with Gasteiger partial charge in [0.2, 0.25) is 0 Å². The number of hydrogen-bond acceptors (Lipinski definition) is 4. The second kappa shape index (κ2) is 6.77. The van der Waals surface area contributed by atoms with Gasteiger partial charge in [-0.25, -0.2) is 4.79 Å². The van der Waals surface area contributed by atoms with Crippen LogP contribution in [0.2, 0.25) is 0 Å². The third-order valence-electron chi connectivity index (χ3n) is 1.73. The standard InChI is InChI=1S/C7H17NO5Si/c1-5-6(14(11-3)12-4)13-8(2)7(9)10/h6,14H,5H2,1-4H3,(H,9,10). The number of hydrogen-bond donors (Lipinski definition) is 1. The molecule has 14 heavy (non-hydrogen) atoms. The highest BCUT2D eigenvalue weighted by Crippen LogP contribution is 2.06. The Morgan fingerprint density at radius 2 is 2.00 bits per heavy atom. The smallest absolute Gasteiger partial charge is 0.431 e. The molecule has 0 spiro atoms. The zero-order valence-electron chi connectivity index (χ0n) is 8.89. The van der Waals surface area contributed by atoms with Crippen molar-refractivity contribution in [2.24, 2.45) is 0 Å². The SMILES string of the molecule is CCC(ON(C)C(=O)O)[SiH](OC)OC. The second-order valence-corrected chi connectivity index (χ2v) is 5.10. The van der Waals surface area contributed by atoms with Crippen LogP contribution in [0.4, 0.5) is 4.79 Å². The Kier molecular flexibility index (Phi) is 6.46. The molecule has 1 amide bonds. The number of hydroxylamine groups is 2. The predicted molar refractivity (Wildman–Crippen MR) is 52.1 cm³/mol. The first-order valence-electron chi connectivity index (χ1n) is 4.25. The van der Waals surface area contributed by atoms with Crippen molar-refractivity contribution in [2.45, 2.75) is 19.1 Å². The van der Waals surface area contributed by atoms with Crippen molar-refractivity contribution in [3.8, 4) is 0 Å². The van der Waals surface area contributed by atoms with Crippen LogP contribution in [-0.2, 0) is 13.7 Å². The zero-order chi connectivity index (χ0) is 11.1. The maximum absolute atomic E-state index is 10.5. The summed E-state index contributed by atoms with van der Waals surface area (Å²) in [6.07, 6.45) is -0.487. The van der Waals surface area contributed by atoms with E-state index in [4.69, 9.17) is 18.8 Å². The first-order chi connectivity index (χ1) is 6.56. The van der Waals surface area contributed by atoms with Gasteiger partial charge in [0.1, 0.15) is 5.73 Å². The van der Waals surface area contributed by atoms with Crippen molar-refractivity contribution in [3.63, 3.8) is 0 Å². The van der Waals surface area contributed by atoms with Crippen LogP contribution in [0.15, 0.2) is 0 Å². The highest BCUT2D eigenvalue weighted by Gasteiger charge is 2.26. The lowest BCUT2D eigenvalue weighted by atomic mass is 10.5. The van der Waals surface area contributed by atoms with Gasteiger partial charge in [-0.05, 0) is 6.42 Å². The van der Waals surface area contributed by atoms with Gasteiger partial charge in [-0.2, -0.15) is 5.06 Å². The Morgan fingerprint density at radius 3 is 2.29 bits per heavy atom. The van der Waals surface area contributed by atoms with Gasteiger partial charge in [0.05, 0.1) is 0 Å². The van der Waals surface area contributed by atoms with E-state index in [1.54, 1.807) is 0 Å². The molecule has 0 aromatic rings. The maximum atomic E-state index is 10.5. The molecule has 7 heteroatoms. The molecule has 0 saturated carbocycles. The summed E-state index contributed by atoms with van der Waals surface area (Å²) in [5.41, 5.74) is -0.300. The van der Waals surface area contributed by atoms with Gasteiger partial charge in [-0.15, -0.1) is 0 Å². The third-order valence-corrected chi connectivity index (χ3v) is 3.86. The van der Waals surface area contributed by atoms with Crippen LogP contribution < -0.4 is 0 Å². The summed E-state index contributed by atoms with van der Waals surface area (Å²) in [6.45, 7) is 1.89. The molecule has 0 aliphatic heterocycles. The average molecular weight is 223 g/mol. The summed E-state index contributed by atoms with van der Waals surface area (Å²) in [7, 11) is 2.47. The highest BCUT2D eigenvalue weighted by molar-refractivity contribution is 6.45. The molecule has 0 rings (SSSR count). The maximum Gasteiger partial charge on any atom is 0.431 e. The summed E-state index contributed by atoms with van der Waals surface area (Å²) in [6, 6.07) is 0. The molecule has 1 atom stereocenters. The largest absolute Gasteiger partial charge is 0.463 e.